The fourth-order valence-corrected chi connectivity index (χ4v) is 2.92. The van der Waals surface area contributed by atoms with E-state index in [4.69, 9.17) is 4.74 Å². The normalized spacial score (nSPS) is 20.7. The second-order valence-corrected chi connectivity index (χ2v) is 7.01. The lowest BCUT2D eigenvalue weighted by Gasteiger charge is -2.38. The van der Waals surface area contributed by atoms with Gasteiger partial charge in [-0.2, -0.15) is 0 Å². The number of hydrogen-bond donors (Lipinski definition) is 1. The Hall–Kier alpha value is -0.120. The van der Waals surface area contributed by atoms with Crippen LogP contribution in [-0.2, 0) is 4.74 Å². The Balaban J connectivity index is 2.40. The number of piperidine rings is 1. The van der Waals surface area contributed by atoms with Crippen molar-refractivity contribution in [3.05, 3.63) is 0 Å². The molecular weight excluding hydrogens is 236 g/mol. The van der Waals surface area contributed by atoms with E-state index in [1.165, 1.54) is 38.8 Å². The van der Waals surface area contributed by atoms with E-state index in [0.29, 0.717) is 6.04 Å². The van der Waals surface area contributed by atoms with Crippen molar-refractivity contribution in [2.45, 2.75) is 65.0 Å². The highest BCUT2D eigenvalue weighted by molar-refractivity contribution is 4.82. The summed E-state index contributed by atoms with van der Waals surface area (Å²) in [5.74, 6) is 0.958. The molecule has 0 aromatic rings. The molecule has 0 saturated carbocycles. The molecule has 0 amide bonds. The van der Waals surface area contributed by atoms with Crippen LogP contribution in [0.2, 0.25) is 0 Å². The molecule has 3 heteroatoms. The summed E-state index contributed by atoms with van der Waals surface area (Å²) in [6, 6.07) is 0.520. The fourth-order valence-electron chi connectivity index (χ4n) is 2.92. The maximum absolute atomic E-state index is 5.42. The number of likely N-dealkylation sites (tertiary alicyclic amines) is 1. The number of rotatable bonds is 7. The summed E-state index contributed by atoms with van der Waals surface area (Å²) in [4.78, 5) is 2.62. The molecule has 1 unspecified atom stereocenters. The second-order valence-electron chi connectivity index (χ2n) is 7.01. The minimum absolute atomic E-state index is 0.187. The van der Waals surface area contributed by atoms with Crippen molar-refractivity contribution in [3.8, 4) is 0 Å². The number of hydrogen-bond acceptors (Lipinski definition) is 3. The van der Waals surface area contributed by atoms with Crippen LogP contribution in [0.3, 0.4) is 0 Å². The standard InChI is InChI=1S/C16H34N2O/c1-6-7-14-8-10-18(11-9-14)15(13-19-5)12-17-16(2,3)4/h14-15,17H,6-13H2,1-5H3. The summed E-state index contributed by atoms with van der Waals surface area (Å²) in [7, 11) is 1.81. The first-order valence-corrected chi connectivity index (χ1v) is 7.94. The summed E-state index contributed by atoms with van der Waals surface area (Å²) in [5.41, 5.74) is 0.187. The van der Waals surface area contributed by atoms with Gasteiger partial charge in [0.2, 0.25) is 0 Å². The second kappa shape index (κ2) is 8.23. The third-order valence-electron chi connectivity index (χ3n) is 4.09. The summed E-state index contributed by atoms with van der Waals surface area (Å²) in [5, 5.41) is 3.62. The number of nitrogens with zero attached hydrogens (tertiary/aromatic N) is 1. The van der Waals surface area contributed by atoms with Crippen LogP contribution in [0.5, 0.6) is 0 Å². The maximum atomic E-state index is 5.42. The Morgan fingerprint density at radius 2 is 1.89 bits per heavy atom. The molecule has 114 valence electrons. The summed E-state index contributed by atoms with van der Waals surface area (Å²) in [6.45, 7) is 13.3. The van der Waals surface area contributed by atoms with Gasteiger partial charge in [-0.3, -0.25) is 4.90 Å². The quantitative estimate of drug-likeness (QED) is 0.770. The summed E-state index contributed by atoms with van der Waals surface area (Å²) >= 11 is 0. The minimum atomic E-state index is 0.187. The summed E-state index contributed by atoms with van der Waals surface area (Å²) < 4.78 is 5.42. The zero-order chi connectivity index (χ0) is 14.3. The van der Waals surface area contributed by atoms with Crippen LogP contribution in [0.15, 0.2) is 0 Å². The Kier molecular flexibility index (Phi) is 7.33. The van der Waals surface area contributed by atoms with Gasteiger partial charge >= 0.3 is 0 Å². The van der Waals surface area contributed by atoms with Crippen molar-refractivity contribution in [2.24, 2.45) is 5.92 Å². The Morgan fingerprint density at radius 3 is 2.37 bits per heavy atom. The SMILES string of the molecule is CCCC1CCN(C(CNC(C)(C)C)COC)CC1. The first-order valence-electron chi connectivity index (χ1n) is 7.94. The third-order valence-corrected chi connectivity index (χ3v) is 4.09. The van der Waals surface area contributed by atoms with Gasteiger partial charge in [-0.15, -0.1) is 0 Å². The van der Waals surface area contributed by atoms with Crippen molar-refractivity contribution >= 4 is 0 Å². The Morgan fingerprint density at radius 1 is 1.26 bits per heavy atom. The van der Waals surface area contributed by atoms with E-state index in [-0.39, 0.29) is 5.54 Å². The van der Waals surface area contributed by atoms with Gasteiger partial charge in [0.15, 0.2) is 0 Å². The van der Waals surface area contributed by atoms with Crippen LogP contribution in [0.1, 0.15) is 53.4 Å². The van der Waals surface area contributed by atoms with E-state index in [1.807, 2.05) is 7.11 Å². The smallest absolute Gasteiger partial charge is 0.0630 e. The third kappa shape index (κ3) is 6.73. The highest BCUT2D eigenvalue weighted by atomic mass is 16.5. The van der Waals surface area contributed by atoms with Crippen molar-refractivity contribution in [3.63, 3.8) is 0 Å². The molecule has 1 aliphatic rings. The van der Waals surface area contributed by atoms with Gasteiger partial charge < -0.3 is 10.1 Å². The molecule has 3 nitrogen and oxygen atoms in total. The topological polar surface area (TPSA) is 24.5 Å². The number of methoxy groups -OCH3 is 1. The van der Waals surface area contributed by atoms with Gasteiger partial charge in [0.05, 0.1) is 6.61 Å². The van der Waals surface area contributed by atoms with Crippen molar-refractivity contribution < 1.29 is 4.74 Å². The molecule has 0 aromatic heterocycles. The zero-order valence-electron chi connectivity index (χ0n) is 13.7. The molecule has 1 rings (SSSR count). The molecule has 1 N–H and O–H groups in total. The minimum Gasteiger partial charge on any atom is -0.383 e. The molecule has 1 heterocycles. The van der Waals surface area contributed by atoms with Crippen LogP contribution in [0.25, 0.3) is 0 Å². The van der Waals surface area contributed by atoms with E-state index >= 15 is 0 Å². The average Bonchev–Trinajstić information content (AvgIpc) is 2.35. The molecule has 19 heavy (non-hydrogen) atoms. The lowest BCUT2D eigenvalue weighted by atomic mass is 9.91. The largest absolute Gasteiger partial charge is 0.383 e. The lowest BCUT2D eigenvalue weighted by molar-refractivity contribution is 0.0600. The van der Waals surface area contributed by atoms with E-state index in [1.54, 1.807) is 0 Å². The van der Waals surface area contributed by atoms with Gasteiger partial charge in [0, 0.05) is 25.2 Å². The van der Waals surface area contributed by atoms with Crippen molar-refractivity contribution in [1.29, 1.82) is 0 Å². The van der Waals surface area contributed by atoms with Gasteiger partial charge in [0.25, 0.3) is 0 Å². The number of nitrogens with one attached hydrogen (secondary N) is 1. The summed E-state index contributed by atoms with van der Waals surface area (Å²) in [6.07, 6.45) is 5.47. The molecule has 0 bridgehead atoms. The zero-order valence-corrected chi connectivity index (χ0v) is 13.7. The van der Waals surface area contributed by atoms with E-state index in [0.717, 1.165) is 19.1 Å². The first-order chi connectivity index (χ1) is 8.96. The van der Waals surface area contributed by atoms with Crippen molar-refractivity contribution in [1.82, 2.24) is 10.2 Å². The van der Waals surface area contributed by atoms with Crippen LogP contribution >= 0.6 is 0 Å². The maximum Gasteiger partial charge on any atom is 0.0630 e. The monoisotopic (exact) mass is 270 g/mol. The first kappa shape index (κ1) is 16.9. The van der Waals surface area contributed by atoms with Crippen LogP contribution < -0.4 is 5.32 Å². The van der Waals surface area contributed by atoms with Gasteiger partial charge in [0.1, 0.15) is 0 Å². The lowest BCUT2D eigenvalue weighted by Crippen LogP contribution is -2.51. The van der Waals surface area contributed by atoms with Crippen LogP contribution in [-0.4, -0.2) is 49.8 Å². The molecule has 0 radical (unpaired) electrons. The fraction of sp³-hybridized carbons (Fsp3) is 1.00. The molecule has 1 aliphatic heterocycles. The van der Waals surface area contributed by atoms with E-state index < -0.39 is 0 Å². The highest BCUT2D eigenvalue weighted by Gasteiger charge is 2.25. The van der Waals surface area contributed by atoms with Gasteiger partial charge in [-0.1, -0.05) is 19.8 Å². The molecule has 0 aromatic carbocycles. The van der Waals surface area contributed by atoms with Gasteiger partial charge in [-0.05, 0) is 52.6 Å². The highest BCUT2D eigenvalue weighted by Crippen LogP contribution is 2.23. The van der Waals surface area contributed by atoms with Crippen LogP contribution in [0.4, 0.5) is 0 Å². The van der Waals surface area contributed by atoms with Gasteiger partial charge in [-0.25, -0.2) is 0 Å². The molecule has 1 atom stereocenters. The van der Waals surface area contributed by atoms with Crippen LogP contribution in [0, 0.1) is 5.92 Å². The molecule has 1 fully saturated rings. The molecule has 0 aliphatic carbocycles. The predicted octanol–water partition coefficient (Wildman–Crippen LogP) is 2.90. The Labute approximate surface area is 120 Å². The van der Waals surface area contributed by atoms with Crippen molar-refractivity contribution in [2.75, 3.05) is 33.4 Å². The number of ether oxygens (including phenoxy) is 1. The predicted molar refractivity (Wildman–Crippen MR) is 82.6 cm³/mol. The average molecular weight is 270 g/mol. The molecular formula is C16H34N2O. The molecule has 0 spiro atoms. The van der Waals surface area contributed by atoms with E-state index in [9.17, 15) is 0 Å². The molecule has 1 saturated heterocycles. The van der Waals surface area contributed by atoms with E-state index in [2.05, 4.69) is 37.9 Å². The Bertz CT molecular complexity index is 229.